The molecule has 8 heteroatoms. The summed E-state index contributed by atoms with van der Waals surface area (Å²) < 4.78 is 32.4. The van der Waals surface area contributed by atoms with E-state index in [9.17, 15) is 0 Å². The summed E-state index contributed by atoms with van der Waals surface area (Å²) in [7, 11) is 7.89. The van der Waals surface area contributed by atoms with E-state index in [1.54, 1.807) is 35.5 Å². The van der Waals surface area contributed by atoms with Crippen molar-refractivity contribution < 1.29 is 28.4 Å². The van der Waals surface area contributed by atoms with Crippen molar-refractivity contribution >= 4 is 23.2 Å². The van der Waals surface area contributed by atoms with Crippen LogP contribution in [0.2, 0.25) is 0 Å². The van der Waals surface area contributed by atoms with Gasteiger partial charge >= 0.3 is 0 Å². The normalized spacial score (nSPS) is 22.8. The van der Waals surface area contributed by atoms with Crippen LogP contribution < -0.4 is 18.9 Å². The highest BCUT2D eigenvalue weighted by Gasteiger charge is 2.81. The molecule has 0 aliphatic heterocycles. The fourth-order valence-electron chi connectivity index (χ4n) is 4.40. The van der Waals surface area contributed by atoms with E-state index in [2.05, 4.69) is 0 Å². The highest BCUT2D eigenvalue weighted by Crippen LogP contribution is 2.79. The van der Waals surface area contributed by atoms with Crippen molar-refractivity contribution in [3.63, 3.8) is 0 Å². The van der Waals surface area contributed by atoms with E-state index in [4.69, 9.17) is 51.6 Å². The van der Waals surface area contributed by atoms with Gasteiger partial charge in [0, 0.05) is 12.7 Å². The second-order valence-electron chi connectivity index (χ2n) is 6.86. The molecule has 0 spiro atoms. The summed E-state index contributed by atoms with van der Waals surface area (Å²) in [5.74, 6) is 1.87. The van der Waals surface area contributed by atoms with Crippen molar-refractivity contribution in [3.05, 3.63) is 35.4 Å². The van der Waals surface area contributed by atoms with E-state index < -0.39 is 9.93 Å². The Morgan fingerprint density at radius 3 is 2.21 bits per heavy atom. The molecule has 4 rings (SSSR count). The highest BCUT2D eigenvalue weighted by atomic mass is 35.5. The molecule has 156 valence electrons. The lowest BCUT2D eigenvalue weighted by atomic mass is 9.82. The summed E-state index contributed by atoms with van der Waals surface area (Å²) >= 11 is 13.7. The van der Waals surface area contributed by atoms with E-state index in [1.807, 2.05) is 24.3 Å². The van der Waals surface area contributed by atoms with E-state index in [1.165, 1.54) is 0 Å². The van der Waals surface area contributed by atoms with Gasteiger partial charge in [-0.1, -0.05) is 29.3 Å². The minimum absolute atomic E-state index is 0.0358. The van der Waals surface area contributed by atoms with E-state index in [0.717, 1.165) is 22.3 Å². The largest absolute Gasteiger partial charge is 0.497 e. The van der Waals surface area contributed by atoms with Crippen molar-refractivity contribution in [2.24, 2.45) is 0 Å². The number of hydrogen-bond donors (Lipinski definition) is 0. The lowest BCUT2D eigenvalue weighted by Gasteiger charge is -2.30. The Balaban J connectivity index is 2.08. The Kier molecular flexibility index (Phi) is 5.02. The van der Waals surface area contributed by atoms with Crippen LogP contribution in [0.15, 0.2) is 24.3 Å². The van der Waals surface area contributed by atoms with Gasteiger partial charge in [-0.25, -0.2) is 0 Å². The average molecular weight is 441 g/mol. The van der Waals surface area contributed by atoms with Gasteiger partial charge in [0.1, 0.15) is 18.1 Å². The van der Waals surface area contributed by atoms with Gasteiger partial charge in [0.2, 0.25) is 5.75 Å². The minimum atomic E-state index is -1.22. The van der Waals surface area contributed by atoms with Crippen molar-refractivity contribution in [3.8, 4) is 34.1 Å². The van der Waals surface area contributed by atoms with Crippen LogP contribution in [0.1, 0.15) is 17.0 Å². The van der Waals surface area contributed by atoms with Crippen LogP contribution in [0.4, 0.5) is 0 Å². The van der Waals surface area contributed by atoms with Gasteiger partial charge in [-0.3, -0.25) is 0 Å². The van der Waals surface area contributed by atoms with Crippen molar-refractivity contribution in [2.75, 3.05) is 42.3 Å². The van der Waals surface area contributed by atoms with Gasteiger partial charge in [0.05, 0.1) is 34.4 Å². The minimum Gasteiger partial charge on any atom is -0.497 e. The summed E-state index contributed by atoms with van der Waals surface area (Å²) in [5.41, 5.74) is 2.38. The molecule has 0 saturated heterocycles. The van der Waals surface area contributed by atoms with E-state index >= 15 is 0 Å². The number of benzene rings is 2. The first-order valence-corrected chi connectivity index (χ1v) is 9.70. The zero-order chi connectivity index (χ0) is 21.0. The molecule has 2 atom stereocenters. The van der Waals surface area contributed by atoms with Crippen LogP contribution >= 0.6 is 23.2 Å². The van der Waals surface area contributed by atoms with Crippen LogP contribution in [0.5, 0.6) is 23.0 Å². The Hall–Kier alpha value is -1.86. The maximum Gasteiger partial charge on any atom is 0.203 e. The third kappa shape index (κ3) is 2.56. The number of fused-ring (bicyclic) bond motifs is 6. The maximum absolute atomic E-state index is 6.85. The summed E-state index contributed by atoms with van der Waals surface area (Å²) in [4.78, 5) is 0. The molecule has 2 aliphatic rings. The Morgan fingerprint density at radius 1 is 0.897 bits per heavy atom. The molecule has 2 unspecified atom stereocenters. The molecule has 1 fully saturated rings. The Labute approximate surface area is 179 Å². The lowest BCUT2D eigenvalue weighted by molar-refractivity contribution is -0.0914. The predicted molar refractivity (Wildman–Crippen MR) is 110 cm³/mol. The zero-order valence-electron chi connectivity index (χ0n) is 16.8. The van der Waals surface area contributed by atoms with Gasteiger partial charge in [-0.15, -0.1) is 0 Å². The standard InChI is InChI=1S/C21H22Cl2O6/c1-24-10-29-20-14-8-11(25-2)6-7-12(14)16-13(19(20)21(20,22)23)9-15(26-3)17(27-4)18(16)28-5/h6-9,19H,10H2,1-5H3. The first-order valence-electron chi connectivity index (χ1n) is 8.95. The van der Waals surface area contributed by atoms with Gasteiger partial charge in [-0.05, 0) is 34.9 Å². The molecule has 6 nitrogen and oxygen atoms in total. The fraction of sp³-hybridized carbons (Fsp3) is 0.429. The zero-order valence-corrected chi connectivity index (χ0v) is 18.3. The van der Waals surface area contributed by atoms with Crippen molar-refractivity contribution in [2.45, 2.75) is 15.9 Å². The second-order valence-corrected chi connectivity index (χ2v) is 8.25. The van der Waals surface area contributed by atoms with Crippen LogP contribution in [0.25, 0.3) is 11.1 Å². The average Bonchev–Trinajstić information content (AvgIpc) is 3.26. The molecule has 1 saturated carbocycles. The molecular weight excluding hydrogens is 419 g/mol. The number of rotatable bonds is 7. The number of alkyl halides is 2. The third-order valence-corrected chi connectivity index (χ3v) is 6.65. The molecule has 0 aromatic heterocycles. The molecule has 29 heavy (non-hydrogen) atoms. The third-order valence-electron chi connectivity index (χ3n) is 5.65. The van der Waals surface area contributed by atoms with Crippen molar-refractivity contribution in [1.82, 2.24) is 0 Å². The molecule has 0 N–H and O–H groups in total. The molecule has 0 radical (unpaired) electrons. The molecule has 0 amide bonds. The number of halogens is 2. The fourth-order valence-corrected chi connectivity index (χ4v) is 5.36. The lowest BCUT2D eigenvalue weighted by Crippen LogP contribution is -2.24. The number of ether oxygens (including phenoxy) is 6. The topological polar surface area (TPSA) is 55.4 Å². The first-order chi connectivity index (χ1) is 13.9. The summed E-state index contributed by atoms with van der Waals surface area (Å²) in [6.07, 6.45) is 0. The number of methoxy groups -OCH3 is 5. The molecule has 2 aromatic carbocycles. The van der Waals surface area contributed by atoms with Gasteiger partial charge in [0.15, 0.2) is 15.8 Å². The van der Waals surface area contributed by atoms with Crippen molar-refractivity contribution in [1.29, 1.82) is 0 Å². The summed E-state index contributed by atoms with van der Waals surface area (Å²) in [6.45, 7) is 0.0358. The molecule has 2 aliphatic carbocycles. The van der Waals surface area contributed by atoms with Crippen LogP contribution in [0, 0.1) is 0 Å². The Morgan fingerprint density at radius 2 is 1.62 bits per heavy atom. The molecule has 0 bridgehead atoms. The van der Waals surface area contributed by atoms with Crippen LogP contribution in [-0.2, 0) is 15.1 Å². The van der Waals surface area contributed by atoms with Gasteiger partial charge < -0.3 is 28.4 Å². The smallest absolute Gasteiger partial charge is 0.203 e. The van der Waals surface area contributed by atoms with E-state index in [-0.39, 0.29) is 12.7 Å². The quantitative estimate of drug-likeness (QED) is 0.466. The highest BCUT2D eigenvalue weighted by molar-refractivity contribution is 6.53. The number of hydrogen-bond acceptors (Lipinski definition) is 6. The first kappa shape index (κ1) is 20.4. The van der Waals surface area contributed by atoms with Crippen LogP contribution in [0.3, 0.4) is 0 Å². The van der Waals surface area contributed by atoms with E-state index in [0.29, 0.717) is 23.0 Å². The van der Waals surface area contributed by atoms with Gasteiger partial charge in [-0.2, -0.15) is 0 Å². The van der Waals surface area contributed by atoms with Gasteiger partial charge in [0.25, 0.3) is 0 Å². The SMILES string of the molecule is COCOC12c3cc(OC)ccc3-c3c(cc(OC)c(OC)c3OC)C1C2(Cl)Cl. The molecule has 2 aromatic rings. The summed E-state index contributed by atoms with van der Waals surface area (Å²) in [5, 5.41) is 0. The monoisotopic (exact) mass is 440 g/mol. The summed E-state index contributed by atoms with van der Waals surface area (Å²) in [6, 6.07) is 7.59. The maximum atomic E-state index is 6.85. The van der Waals surface area contributed by atoms with Crippen LogP contribution in [-0.4, -0.2) is 46.7 Å². The predicted octanol–water partition coefficient (Wildman–Crippen LogP) is 4.49. The second kappa shape index (κ2) is 7.13. The molecule has 0 heterocycles. The Bertz CT molecular complexity index is 961. The molecular formula is C21H22Cl2O6.